The fourth-order valence-electron chi connectivity index (χ4n) is 5.37. The van der Waals surface area contributed by atoms with Crippen molar-refractivity contribution in [3.8, 4) is 0 Å². The van der Waals surface area contributed by atoms with E-state index in [-0.39, 0.29) is 6.42 Å². The Hall–Kier alpha value is -0.140. The molecule has 4 fully saturated rings. The van der Waals surface area contributed by atoms with E-state index in [1.54, 1.807) is 0 Å². The van der Waals surface area contributed by atoms with E-state index in [0.717, 1.165) is 37.5 Å². The summed E-state index contributed by atoms with van der Waals surface area (Å²) in [6.07, 6.45) is 10.3. The van der Waals surface area contributed by atoms with Gasteiger partial charge in [0, 0.05) is 6.42 Å². The molecule has 2 heteroatoms. The zero-order valence-electron chi connectivity index (χ0n) is 10.9. The molecule has 4 aliphatic carbocycles. The summed E-state index contributed by atoms with van der Waals surface area (Å²) >= 11 is 0. The van der Waals surface area contributed by atoms with E-state index in [2.05, 4.69) is 0 Å². The fourth-order valence-corrected chi connectivity index (χ4v) is 5.37. The Labute approximate surface area is 103 Å². The largest absolute Gasteiger partial charge is 0.245 e. The van der Waals surface area contributed by atoms with Crippen LogP contribution in [0.3, 0.4) is 0 Å². The molecule has 0 saturated heterocycles. The molecule has 0 amide bonds. The highest BCUT2D eigenvalue weighted by Gasteiger charge is 2.50. The summed E-state index contributed by atoms with van der Waals surface area (Å²) in [5.41, 5.74) is 0.486. The maximum Gasteiger partial charge on any atom is 0.245 e. The zero-order chi connectivity index (χ0) is 12.1. The van der Waals surface area contributed by atoms with Crippen molar-refractivity contribution in [3.63, 3.8) is 0 Å². The summed E-state index contributed by atoms with van der Waals surface area (Å²) < 4.78 is 25.8. The Morgan fingerprint density at radius 2 is 1.47 bits per heavy atom. The second-order valence-electron chi connectivity index (χ2n) is 7.34. The molecule has 4 aliphatic rings. The van der Waals surface area contributed by atoms with Gasteiger partial charge in [-0.1, -0.05) is 0 Å². The van der Waals surface area contributed by atoms with Gasteiger partial charge in [-0.15, -0.1) is 0 Å². The lowest BCUT2D eigenvalue weighted by molar-refractivity contribution is -0.0635. The highest BCUT2D eigenvalue weighted by molar-refractivity contribution is 5.01. The standard InChI is InChI=1S/C15H24F2/c1-14(16,17)3-2-4-15-8-11-5-12(9-15)7-13(6-11)10-15/h11-13H,2-10H2,1H3. The lowest BCUT2D eigenvalue weighted by Crippen LogP contribution is -2.46. The van der Waals surface area contributed by atoms with Gasteiger partial charge >= 0.3 is 0 Å². The maximum atomic E-state index is 12.9. The van der Waals surface area contributed by atoms with Crippen LogP contribution in [0.4, 0.5) is 8.78 Å². The smallest absolute Gasteiger partial charge is 0.207 e. The average molecular weight is 242 g/mol. The van der Waals surface area contributed by atoms with E-state index in [0.29, 0.717) is 5.41 Å². The van der Waals surface area contributed by atoms with Crippen LogP contribution in [0.2, 0.25) is 0 Å². The molecule has 4 rings (SSSR count). The van der Waals surface area contributed by atoms with Crippen molar-refractivity contribution in [3.05, 3.63) is 0 Å². The fraction of sp³-hybridized carbons (Fsp3) is 1.00. The van der Waals surface area contributed by atoms with E-state index >= 15 is 0 Å². The van der Waals surface area contributed by atoms with Gasteiger partial charge in [-0.3, -0.25) is 0 Å². The Bertz CT molecular complexity index is 255. The van der Waals surface area contributed by atoms with E-state index in [1.807, 2.05) is 0 Å². The molecular weight excluding hydrogens is 218 g/mol. The van der Waals surface area contributed by atoms with Gasteiger partial charge in [0.05, 0.1) is 0 Å². The lowest BCUT2D eigenvalue weighted by Gasteiger charge is -2.57. The van der Waals surface area contributed by atoms with Crippen LogP contribution < -0.4 is 0 Å². The molecular formula is C15H24F2. The molecule has 4 saturated carbocycles. The van der Waals surface area contributed by atoms with Gasteiger partial charge in [0.1, 0.15) is 0 Å². The van der Waals surface area contributed by atoms with Crippen LogP contribution in [0.25, 0.3) is 0 Å². The van der Waals surface area contributed by atoms with Crippen molar-refractivity contribution >= 4 is 0 Å². The Morgan fingerprint density at radius 3 is 1.88 bits per heavy atom. The third-order valence-corrected chi connectivity index (χ3v) is 5.49. The lowest BCUT2D eigenvalue weighted by atomic mass is 9.48. The highest BCUT2D eigenvalue weighted by atomic mass is 19.3. The number of rotatable bonds is 4. The summed E-state index contributed by atoms with van der Waals surface area (Å²) in [6.45, 7) is 1.06. The molecule has 98 valence electrons. The van der Waals surface area contributed by atoms with Crippen molar-refractivity contribution < 1.29 is 8.78 Å². The zero-order valence-corrected chi connectivity index (χ0v) is 10.9. The van der Waals surface area contributed by atoms with Crippen LogP contribution in [-0.4, -0.2) is 5.92 Å². The van der Waals surface area contributed by atoms with E-state index in [1.165, 1.54) is 38.5 Å². The predicted molar refractivity (Wildman–Crippen MR) is 65.1 cm³/mol. The number of halogens is 2. The average Bonchev–Trinajstić information content (AvgIpc) is 2.11. The van der Waals surface area contributed by atoms with Crippen molar-refractivity contribution in [2.75, 3.05) is 0 Å². The Kier molecular flexibility index (Phi) is 2.75. The molecule has 0 atom stereocenters. The third-order valence-electron chi connectivity index (χ3n) is 5.49. The topological polar surface area (TPSA) is 0 Å². The predicted octanol–water partition coefficient (Wildman–Crippen LogP) is 5.03. The van der Waals surface area contributed by atoms with Gasteiger partial charge in [0.25, 0.3) is 0 Å². The van der Waals surface area contributed by atoms with Gasteiger partial charge in [-0.25, -0.2) is 8.78 Å². The monoisotopic (exact) mass is 242 g/mol. The molecule has 0 nitrogen and oxygen atoms in total. The minimum absolute atomic E-state index is 0.0920. The summed E-state index contributed by atoms with van der Waals surface area (Å²) in [4.78, 5) is 0. The van der Waals surface area contributed by atoms with Crippen LogP contribution in [0.5, 0.6) is 0 Å². The summed E-state index contributed by atoms with van der Waals surface area (Å²) in [5, 5.41) is 0. The van der Waals surface area contributed by atoms with Gasteiger partial charge in [-0.2, -0.15) is 0 Å². The van der Waals surface area contributed by atoms with Crippen LogP contribution in [-0.2, 0) is 0 Å². The van der Waals surface area contributed by atoms with Gasteiger partial charge in [0.2, 0.25) is 5.92 Å². The highest BCUT2D eigenvalue weighted by Crippen LogP contribution is 2.61. The molecule has 0 aromatic heterocycles. The molecule has 4 bridgehead atoms. The third kappa shape index (κ3) is 2.51. The maximum absolute atomic E-state index is 12.9. The second kappa shape index (κ2) is 3.93. The van der Waals surface area contributed by atoms with Gasteiger partial charge in [-0.05, 0) is 81.5 Å². The number of hydrogen-bond donors (Lipinski definition) is 0. The van der Waals surface area contributed by atoms with E-state index < -0.39 is 5.92 Å². The summed E-state index contributed by atoms with van der Waals surface area (Å²) in [7, 11) is 0. The molecule has 0 unspecified atom stereocenters. The van der Waals surface area contributed by atoms with Crippen molar-refractivity contribution in [1.82, 2.24) is 0 Å². The van der Waals surface area contributed by atoms with E-state index in [9.17, 15) is 8.78 Å². The molecule has 0 aromatic carbocycles. The Balaban J connectivity index is 1.59. The molecule has 0 radical (unpaired) electrons. The molecule has 0 aromatic rings. The van der Waals surface area contributed by atoms with Crippen molar-refractivity contribution in [2.24, 2.45) is 23.2 Å². The molecule has 17 heavy (non-hydrogen) atoms. The first-order valence-corrected chi connectivity index (χ1v) is 7.32. The number of alkyl halides is 2. The first kappa shape index (κ1) is 11.9. The minimum atomic E-state index is -2.46. The Morgan fingerprint density at radius 1 is 1.00 bits per heavy atom. The molecule has 0 N–H and O–H groups in total. The summed E-state index contributed by atoms with van der Waals surface area (Å²) in [5.74, 6) is 0.387. The number of hydrogen-bond acceptors (Lipinski definition) is 0. The SMILES string of the molecule is CC(F)(F)CCCC12CC3CC(CC(C3)C1)C2. The van der Waals surface area contributed by atoms with Gasteiger partial charge in [0.15, 0.2) is 0 Å². The second-order valence-corrected chi connectivity index (χ2v) is 7.34. The van der Waals surface area contributed by atoms with E-state index in [4.69, 9.17) is 0 Å². The normalized spacial score (nSPS) is 44.3. The first-order valence-electron chi connectivity index (χ1n) is 7.32. The molecule has 0 heterocycles. The van der Waals surface area contributed by atoms with Crippen LogP contribution in [0, 0.1) is 23.2 Å². The van der Waals surface area contributed by atoms with Crippen LogP contribution >= 0.6 is 0 Å². The quantitative estimate of drug-likeness (QED) is 0.648. The molecule has 0 spiro atoms. The van der Waals surface area contributed by atoms with Gasteiger partial charge < -0.3 is 0 Å². The first-order chi connectivity index (χ1) is 7.94. The van der Waals surface area contributed by atoms with Crippen LogP contribution in [0.15, 0.2) is 0 Å². The van der Waals surface area contributed by atoms with Crippen molar-refractivity contribution in [2.45, 2.75) is 70.6 Å². The summed E-state index contributed by atoms with van der Waals surface area (Å²) in [6, 6.07) is 0. The van der Waals surface area contributed by atoms with Crippen LogP contribution in [0.1, 0.15) is 64.7 Å². The minimum Gasteiger partial charge on any atom is -0.207 e. The van der Waals surface area contributed by atoms with Crippen molar-refractivity contribution in [1.29, 1.82) is 0 Å². The molecule has 0 aliphatic heterocycles.